The fourth-order valence-electron chi connectivity index (χ4n) is 11.5. The molecule has 0 radical (unpaired) electrons. The van der Waals surface area contributed by atoms with Crippen LogP contribution in [-0.2, 0) is 51.0 Å². The van der Waals surface area contributed by atoms with Crippen LogP contribution >= 0.6 is 11.3 Å². The maximum atomic E-state index is 15.1. The van der Waals surface area contributed by atoms with Gasteiger partial charge in [0.05, 0.1) is 67.4 Å². The number of rotatable bonds is 10. The van der Waals surface area contributed by atoms with Crippen LogP contribution in [0.2, 0.25) is 0 Å². The number of likely N-dealkylation sites (tertiary alicyclic amines) is 1. The van der Waals surface area contributed by atoms with E-state index in [0.717, 1.165) is 75.6 Å². The van der Waals surface area contributed by atoms with Gasteiger partial charge in [0.1, 0.15) is 17.1 Å². The van der Waals surface area contributed by atoms with Gasteiger partial charge in [0.15, 0.2) is 0 Å². The molecule has 2 N–H and O–H groups in total. The maximum absolute atomic E-state index is 15.1. The number of nitrogens with zero attached hydrogens (tertiary/aromatic N) is 5. The van der Waals surface area contributed by atoms with Crippen LogP contribution in [0.4, 0.5) is 0 Å². The molecule has 68 heavy (non-hydrogen) atoms. The number of pyridine rings is 1. The third kappa shape index (κ3) is 9.14. The van der Waals surface area contributed by atoms with Crippen LogP contribution < -0.4 is 10.7 Å². The number of carbonyl (C=O) groups excluding carboxylic acids is 3. The number of thiazole rings is 1. The molecule has 366 valence electrons. The third-order valence-corrected chi connectivity index (χ3v) is 16.6. The van der Waals surface area contributed by atoms with Crippen LogP contribution in [0.5, 0.6) is 0 Å². The summed E-state index contributed by atoms with van der Waals surface area (Å²) in [6, 6.07) is 8.44. The number of esters is 1. The van der Waals surface area contributed by atoms with E-state index in [-0.39, 0.29) is 59.4 Å². The van der Waals surface area contributed by atoms with Crippen LogP contribution in [0, 0.1) is 28.6 Å². The van der Waals surface area contributed by atoms with E-state index in [2.05, 4.69) is 91.4 Å². The number of hydrazine groups is 1. The van der Waals surface area contributed by atoms with Crippen molar-refractivity contribution in [3.05, 3.63) is 58.2 Å². The average molecular weight is 952 g/mol. The number of amides is 2. The number of hydrogen-bond donors (Lipinski definition) is 2. The highest BCUT2D eigenvalue weighted by Crippen LogP contribution is 2.48. The van der Waals surface area contributed by atoms with Gasteiger partial charge in [-0.25, -0.2) is 10.4 Å². The normalized spacial score (nSPS) is 29.4. The summed E-state index contributed by atoms with van der Waals surface area (Å²) in [5.41, 5.74) is 9.25. The van der Waals surface area contributed by atoms with E-state index in [1.54, 1.807) is 12.1 Å². The summed E-state index contributed by atoms with van der Waals surface area (Å²) < 4.78 is 32.9. The van der Waals surface area contributed by atoms with Gasteiger partial charge in [-0.15, -0.1) is 11.3 Å². The van der Waals surface area contributed by atoms with Crippen LogP contribution in [0.25, 0.3) is 33.4 Å². The molecule has 1 aromatic carbocycles. The summed E-state index contributed by atoms with van der Waals surface area (Å²) in [6.45, 7) is 19.8. The Labute approximate surface area is 403 Å². The minimum absolute atomic E-state index is 0.0309. The molecule has 1 spiro atoms. The lowest BCUT2D eigenvalue weighted by Gasteiger charge is -2.58. The lowest BCUT2D eigenvalue weighted by atomic mass is 9.76. The number of benzene rings is 1. The third-order valence-electron chi connectivity index (χ3n) is 15.7. The molecule has 16 heteroatoms. The molecule has 6 bridgehead atoms. The standard InChI is InChI=1S/C52H69N7O8S/c1-30-31(2)41(30)46(60)55-43-45(57-25-52(26-57)28-64-29-52)47-54-39(24-68-47)33-13-14-40-36(21-33)37(23-50(4,5)27-66-49(62)38-12-10-17-59(56-38)48(43)61)44(35-11-9-16-53-42(35)32(3)63-8)58(40)18-20-65-34-15-19-67-51(6,7)22-34/h9,11,13-14,16,21,24,30-32,34,38,41,43,45,56H,10,12,15,17-20,22-23,25-29H2,1-8H3,(H,55,60)/t30-,31+,32-,34-,38-,41?,43-,45-/m0/s1. The van der Waals surface area contributed by atoms with Gasteiger partial charge in [-0.2, -0.15) is 0 Å². The van der Waals surface area contributed by atoms with Crippen LogP contribution in [-0.4, -0.2) is 126 Å². The molecule has 1 aliphatic carbocycles. The summed E-state index contributed by atoms with van der Waals surface area (Å²) in [6.07, 6.45) is 4.97. The highest BCUT2D eigenvalue weighted by atomic mass is 32.1. The number of hydrogen-bond acceptors (Lipinski definition) is 13. The van der Waals surface area contributed by atoms with Crippen molar-refractivity contribution in [2.45, 2.75) is 123 Å². The summed E-state index contributed by atoms with van der Waals surface area (Å²) in [5.74, 6) is -0.545. The van der Waals surface area contributed by atoms with Gasteiger partial charge in [-0.3, -0.25) is 29.3 Å². The molecule has 1 unspecified atom stereocenters. The Morgan fingerprint density at radius 2 is 1.87 bits per heavy atom. The maximum Gasteiger partial charge on any atom is 0.324 e. The van der Waals surface area contributed by atoms with Crippen molar-refractivity contribution in [1.82, 2.24) is 35.2 Å². The topological polar surface area (TPSA) is 159 Å². The first-order valence-electron chi connectivity index (χ1n) is 24.8. The Bertz CT molecular complexity index is 2540. The number of ether oxygens (including phenoxy) is 5. The number of aromatic nitrogens is 3. The van der Waals surface area contributed by atoms with E-state index >= 15 is 4.79 Å². The van der Waals surface area contributed by atoms with Crippen LogP contribution in [0.1, 0.15) is 103 Å². The largest absolute Gasteiger partial charge is 0.464 e. The number of methoxy groups -OCH3 is 1. The van der Waals surface area contributed by atoms with Crippen molar-refractivity contribution in [2.75, 3.05) is 59.8 Å². The number of nitrogens with one attached hydrogen (secondary N) is 2. The van der Waals surface area contributed by atoms with E-state index in [0.29, 0.717) is 58.8 Å². The first-order chi connectivity index (χ1) is 32.5. The zero-order chi connectivity index (χ0) is 47.7. The average Bonchev–Trinajstić information content (AvgIpc) is 3.55. The quantitative estimate of drug-likeness (QED) is 0.159. The van der Waals surface area contributed by atoms with E-state index in [4.69, 9.17) is 33.7 Å². The van der Waals surface area contributed by atoms with Gasteiger partial charge in [-0.05, 0) is 88.1 Å². The predicted molar refractivity (Wildman–Crippen MR) is 258 cm³/mol. The van der Waals surface area contributed by atoms with E-state index < -0.39 is 29.5 Å². The zero-order valence-corrected chi connectivity index (χ0v) is 41.8. The summed E-state index contributed by atoms with van der Waals surface area (Å²) in [7, 11) is 1.71. The van der Waals surface area contributed by atoms with Gasteiger partial charge in [0.2, 0.25) is 5.91 Å². The molecule has 2 amide bonds. The van der Waals surface area contributed by atoms with Gasteiger partial charge in [0.25, 0.3) is 5.91 Å². The van der Waals surface area contributed by atoms with E-state index in [1.807, 2.05) is 19.2 Å². The summed E-state index contributed by atoms with van der Waals surface area (Å²) >= 11 is 1.52. The fraction of sp³-hybridized carbons (Fsp3) is 0.635. The second-order valence-corrected chi connectivity index (χ2v) is 22.9. The molecule has 8 heterocycles. The van der Waals surface area contributed by atoms with E-state index in [9.17, 15) is 9.59 Å². The van der Waals surface area contributed by atoms with Crippen LogP contribution in [0.3, 0.4) is 0 Å². The minimum Gasteiger partial charge on any atom is -0.464 e. The van der Waals surface area contributed by atoms with Crippen molar-refractivity contribution in [2.24, 2.45) is 28.6 Å². The molecule has 15 nitrogen and oxygen atoms in total. The molecule has 1 saturated carbocycles. The molecule has 5 fully saturated rings. The SMILES string of the molecule is CO[C@@H](C)c1ncccc1-c1c2c3cc(ccc3n1CCO[C@H]1CCOC(C)(C)C1)-c1csc(n1)[C@@H](N1CC3(COC3)C1)[C@H](NC(=O)C1[C@@H](C)[C@H]1C)C(=O)N1CCC[C@H](N1)C(=O)OCC(C)(C)C2. The second kappa shape index (κ2) is 18.5. The van der Waals surface area contributed by atoms with Crippen molar-refractivity contribution in [3.63, 3.8) is 0 Å². The Hall–Kier alpha value is -4.29. The van der Waals surface area contributed by atoms with Gasteiger partial charge < -0.3 is 33.6 Å². The molecule has 4 saturated heterocycles. The van der Waals surface area contributed by atoms with Gasteiger partial charge >= 0.3 is 5.97 Å². The Morgan fingerprint density at radius 3 is 2.59 bits per heavy atom. The fourth-order valence-corrected chi connectivity index (χ4v) is 12.5. The highest BCUT2D eigenvalue weighted by molar-refractivity contribution is 7.10. The zero-order valence-electron chi connectivity index (χ0n) is 41.0. The molecular weight excluding hydrogens is 883 g/mol. The minimum atomic E-state index is -0.955. The number of carbonyl (C=O) groups is 3. The van der Waals surface area contributed by atoms with Gasteiger partial charge in [0, 0.05) is 96.7 Å². The van der Waals surface area contributed by atoms with Crippen molar-refractivity contribution in [3.8, 4) is 22.5 Å². The predicted octanol–water partition coefficient (Wildman–Crippen LogP) is 6.89. The molecule has 4 aromatic rings. The number of cyclic esters (lactones) is 1. The molecule has 6 aliphatic rings. The molecule has 10 rings (SSSR count). The van der Waals surface area contributed by atoms with Gasteiger partial charge in [-0.1, -0.05) is 33.8 Å². The Morgan fingerprint density at radius 1 is 1.07 bits per heavy atom. The van der Waals surface area contributed by atoms with Crippen molar-refractivity contribution < 1.29 is 38.1 Å². The van der Waals surface area contributed by atoms with E-state index in [1.165, 1.54) is 11.3 Å². The Kier molecular flexibility index (Phi) is 12.9. The van der Waals surface area contributed by atoms with Crippen molar-refractivity contribution >= 4 is 40.0 Å². The highest BCUT2D eigenvalue weighted by Gasteiger charge is 2.56. The number of fused-ring (bicyclic) bond motifs is 6. The summed E-state index contributed by atoms with van der Waals surface area (Å²) in [5, 5.41) is 8.72. The summed E-state index contributed by atoms with van der Waals surface area (Å²) in [4.78, 5) is 56.0. The molecular formula is C52H69N7O8S. The lowest BCUT2D eigenvalue weighted by Crippen LogP contribution is -2.70. The first kappa shape index (κ1) is 47.4. The molecule has 5 aliphatic heterocycles. The molecule has 3 aromatic heterocycles. The van der Waals surface area contributed by atoms with Crippen molar-refractivity contribution in [1.29, 1.82) is 0 Å². The second-order valence-electron chi connectivity index (χ2n) is 22.0. The lowest BCUT2D eigenvalue weighted by molar-refractivity contribution is -0.202. The monoisotopic (exact) mass is 951 g/mol. The first-order valence-corrected chi connectivity index (χ1v) is 25.6. The van der Waals surface area contributed by atoms with Crippen LogP contribution in [0.15, 0.2) is 41.9 Å². The molecule has 8 atom stereocenters. The smallest absolute Gasteiger partial charge is 0.324 e. The Balaban J connectivity index is 1.11.